The second kappa shape index (κ2) is 3.55. The van der Waals surface area contributed by atoms with Crippen LogP contribution in [0.5, 0.6) is 0 Å². The molecule has 0 saturated heterocycles. The summed E-state index contributed by atoms with van der Waals surface area (Å²) in [6, 6.07) is 0. The lowest BCUT2D eigenvalue weighted by Crippen LogP contribution is -2.51. The predicted octanol–water partition coefficient (Wildman–Crippen LogP) is 2.13. The van der Waals surface area contributed by atoms with Gasteiger partial charge in [-0.15, -0.1) is 0 Å². The fraction of sp³-hybridized carbons (Fsp3) is 1.00. The minimum Gasteiger partial charge on any atom is -0.364 e. The van der Waals surface area contributed by atoms with E-state index in [-0.39, 0.29) is 5.41 Å². The van der Waals surface area contributed by atoms with Crippen molar-refractivity contribution >= 4 is 0 Å². The van der Waals surface area contributed by atoms with E-state index < -0.39 is 5.72 Å². The van der Waals surface area contributed by atoms with E-state index >= 15 is 0 Å². The first-order valence-corrected chi connectivity index (χ1v) is 4.21. The van der Waals surface area contributed by atoms with Crippen molar-refractivity contribution in [3.63, 3.8) is 0 Å². The Morgan fingerprint density at radius 2 is 1.73 bits per heavy atom. The van der Waals surface area contributed by atoms with Crippen molar-refractivity contribution in [2.45, 2.75) is 46.3 Å². The molecule has 0 spiro atoms. The predicted molar refractivity (Wildman–Crippen MR) is 48.3 cm³/mol. The van der Waals surface area contributed by atoms with E-state index in [1.54, 1.807) is 7.11 Å². The number of methoxy groups -OCH3 is 1. The van der Waals surface area contributed by atoms with Gasteiger partial charge in [-0.1, -0.05) is 27.2 Å². The lowest BCUT2D eigenvalue weighted by Gasteiger charge is -2.39. The quantitative estimate of drug-likeness (QED) is 0.638. The molecule has 0 aromatic rings. The molecule has 0 heterocycles. The number of nitrogens with two attached hydrogens (primary N) is 1. The van der Waals surface area contributed by atoms with Crippen LogP contribution in [0.4, 0.5) is 0 Å². The van der Waals surface area contributed by atoms with E-state index in [1.807, 2.05) is 6.92 Å². The van der Waals surface area contributed by atoms with E-state index in [4.69, 9.17) is 10.5 Å². The van der Waals surface area contributed by atoms with Crippen LogP contribution in [0.3, 0.4) is 0 Å². The zero-order chi connectivity index (χ0) is 9.12. The molecule has 2 N–H and O–H groups in total. The molecular weight excluding hydrogens is 138 g/mol. The molecule has 0 aromatic carbocycles. The Kier molecular flexibility index (Phi) is 3.52. The maximum absolute atomic E-state index is 5.96. The summed E-state index contributed by atoms with van der Waals surface area (Å²) < 4.78 is 5.23. The highest BCUT2D eigenvalue weighted by Gasteiger charge is 2.36. The van der Waals surface area contributed by atoms with Gasteiger partial charge in [0.1, 0.15) is 5.72 Å². The largest absolute Gasteiger partial charge is 0.364 e. The Labute approximate surface area is 70.1 Å². The van der Waals surface area contributed by atoms with Gasteiger partial charge < -0.3 is 10.5 Å². The Bertz CT molecular complexity index is 119. The first-order valence-electron chi connectivity index (χ1n) is 4.21. The van der Waals surface area contributed by atoms with Crippen molar-refractivity contribution in [1.29, 1.82) is 0 Å². The van der Waals surface area contributed by atoms with Crippen LogP contribution in [0.25, 0.3) is 0 Å². The number of hydrogen-bond acceptors (Lipinski definition) is 2. The maximum atomic E-state index is 5.96. The molecular formula is C9H21NO. The van der Waals surface area contributed by atoms with Gasteiger partial charge in [0.25, 0.3) is 0 Å². The highest BCUT2D eigenvalue weighted by atomic mass is 16.5. The summed E-state index contributed by atoms with van der Waals surface area (Å²) in [4.78, 5) is 0. The zero-order valence-electron chi connectivity index (χ0n) is 8.40. The van der Waals surface area contributed by atoms with E-state index in [9.17, 15) is 0 Å². The molecule has 0 aliphatic carbocycles. The first kappa shape index (κ1) is 10.9. The van der Waals surface area contributed by atoms with Crippen LogP contribution in [-0.2, 0) is 4.74 Å². The van der Waals surface area contributed by atoms with Crippen LogP contribution in [0.15, 0.2) is 0 Å². The van der Waals surface area contributed by atoms with Crippen LogP contribution in [0.2, 0.25) is 0 Å². The second-order valence-corrected chi connectivity index (χ2v) is 3.95. The van der Waals surface area contributed by atoms with Gasteiger partial charge in [0.2, 0.25) is 0 Å². The molecule has 1 unspecified atom stereocenters. The fourth-order valence-corrected chi connectivity index (χ4v) is 1.15. The lowest BCUT2D eigenvalue weighted by molar-refractivity contribution is -0.0846. The third kappa shape index (κ3) is 2.46. The molecule has 0 aliphatic rings. The summed E-state index contributed by atoms with van der Waals surface area (Å²) in [5, 5.41) is 0. The van der Waals surface area contributed by atoms with Crippen molar-refractivity contribution < 1.29 is 4.74 Å². The Morgan fingerprint density at radius 3 is 2.00 bits per heavy atom. The van der Waals surface area contributed by atoms with Gasteiger partial charge in [-0.2, -0.15) is 0 Å². The zero-order valence-corrected chi connectivity index (χ0v) is 8.40. The van der Waals surface area contributed by atoms with Crippen LogP contribution in [0.1, 0.15) is 40.5 Å². The summed E-state index contributed by atoms with van der Waals surface area (Å²) in [5.41, 5.74) is 5.50. The summed E-state index contributed by atoms with van der Waals surface area (Å²) >= 11 is 0. The van der Waals surface area contributed by atoms with Crippen molar-refractivity contribution in [3.8, 4) is 0 Å². The Balaban J connectivity index is 4.26. The van der Waals surface area contributed by atoms with Crippen molar-refractivity contribution in [3.05, 3.63) is 0 Å². The van der Waals surface area contributed by atoms with Gasteiger partial charge in [-0.05, 0) is 13.3 Å². The topological polar surface area (TPSA) is 35.2 Å². The molecule has 2 nitrogen and oxygen atoms in total. The lowest BCUT2D eigenvalue weighted by atomic mass is 9.78. The number of ether oxygens (including phenoxy) is 1. The smallest absolute Gasteiger partial charge is 0.118 e. The molecule has 0 aliphatic heterocycles. The maximum Gasteiger partial charge on any atom is 0.118 e. The van der Waals surface area contributed by atoms with Gasteiger partial charge in [0.15, 0.2) is 0 Å². The molecule has 0 amide bonds. The van der Waals surface area contributed by atoms with E-state index in [1.165, 1.54) is 0 Å². The molecule has 0 fully saturated rings. The van der Waals surface area contributed by atoms with Gasteiger partial charge in [-0.3, -0.25) is 0 Å². The molecule has 2 heteroatoms. The SMILES string of the molecule is CCCC(C)(C)C(C)(N)OC. The van der Waals surface area contributed by atoms with Crippen molar-refractivity contribution in [2.24, 2.45) is 11.1 Å². The third-order valence-electron chi connectivity index (χ3n) is 2.64. The molecule has 0 bridgehead atoms. The van der Waals surface area contributed by atoms with Crippen molar-refractivity contribution in [2.75, 3.05) is 7.11 Å². The molecule has 0 rings (SSSR count). The van der Waals surface area contributed by atoms with Gasteiger partial charge in [-0.25, -0.2) is 0 Å². The molecule has 11 heavy (non-hydrogen) atoms. The average Bonchev–Trinajstić information content (AvgIpc) is 1.87. The summed E-state index contributed by atoms with van der Waals surface area (Å²) in [5.74, 6) is 0. The van der Waals surface area contributed by atoms with Crippen LogP contribution in [0, 0.1) is 5.41 Å². The summed E-state index contributed by atoms with van der Waals surface area (Å²) in [6.07, 6.45) is 2.23. The number of hydrogen-bond donors (Lipinski definition) is 1. The standard InChI is InChI=1S/C9H21NO/c1-6-7-8(2,3)9(4,10)11-5/h6-7,10H2,1-5H3. The Morgan fingerprint density at radius 1 is 1.27 bits per heavy atom. The molecule has 68 valence electrons. The Hall–Kier alpha value is -0.0800. The normalized spacial score (nSPS) is 18.0. The van der Waals surface area contributed by atoms with Crippen molar-refractivity contribution in [1.82, 2.24) is 0 Å². The van der Waals surface area contributed by atoms with Gasteiger partial charge in [0.05, 0.1) is 0 Å². The van der Waals surface area contributed by atoms with Gasteiger partial charge in [0, 0.05) is 12.5 Å². The van der Waals surface area contributed by atoms with E-state index in [2.05, 4.69) is 20.8 Å². The minimum atomic E-state index is -0.511. The van der Waals surface area contributed by atoms with E-state index in [0.29, 0.717) is 0 Å². The summed E-state index contributed by atoms with van der Waals surface area (Å²) in [7, 11) is 1.66. The van der Waals surface area contributed by atoms with E-state index in [0.717, 1.165) is 12.8 Å². The first-order chi connectivity index (χ1) is 4.87. The highest BCUT2D eigenvalue weighted by Crippen LogP contribution is 2.33. The number of rotatable bonds is 4. The third-order valence-corrected chi connectivity index (χ3v) is 2.64. The summed E-state index contributed by atoms with van der Waals surface area (Å²) in [6.45, 7) is 8.37. The minimum absolute atomic E-state index is 0.0521. The monoisotopic (exact) mass is 159 g/mol. The van der Waals surface area contributed by atoms with Crippen LogP contribution >= 0.6 is 0 Å². The highest BCUT2D eigenvalue weighted by molar-refractivity contribution is 4.85. The average molecular weight is 159 g/mol. The second-order valence-electron chi connectivity index (χ2n) is 3.95. The molecule has 0 saturated carbocycles. The fourth-order valence-electron chi connectivity index (χ4n) is 1.15. The van der Waals surface area contributed by atoms with Crippen LogP contribution < -0.4 is 5.73 Å². The molecule has 1 atom stereocenters. The molecule has 0 radical (unpaired) electrons. The van der Waals surface area contributed by atoms with Gasteiger partial charge >= 0.3 is 0 Å². The molecule has 0 aromatic heterocycles. The van der Waals surface area contributed by atoms with Crippen LogP contribution in [-0.4, -0.2) is 12.8 Å².